The van der Waals surface area contributed by atoms with Crippen molar-refractivity contribution < 1.29 is 19.4 Å². The van der Waals surface area contributed by atoms with Gasteiger partial charge >= 0.3 is 0 Å². The number of methoxy groups -OCH3 is 1. The summed E-state index contributed by atoms with van der Waals surface area (Å²) in [5.41, 5.74) is 2.15. The third-order valence-electron chi connectivity index (χ3n) is 3.10. The quantitative estimate of drug-likeness (QED) is 0.485. The second kappa shape index (κ2) is 7.64. The molecule has 0 bridgehead atoms. The van der Waals surface area contributed by atoms with Crippen molar-refractivity contribution in [2.24, 2.45) is 5.10 Å². The van der Waals surface area contributed by atoms with Gasteiger partial charge in [0, 0.05) is 29.8 Å². The van der Waals surface area contributed by atoms with Crippen LogP contribution in [0, 0.1) is 20.2 Å². The van der Waals surface area contributed by atoms with E-state index in [4.69, 9.17) is 4.74 Å². The summed E-state index contributed by atoms with van der Waals surface area (Å²) in [4.78, 5) is 32.5. The Morgan fingerprint density at radius 3 is 2.44 bits per heavy atom. The average Bonchev–Trinajstić information content (AvgIpc) is 2.61. The molecule has 0 saturated heterocycles. The number of hydrogen-bond donors (Lipinski definition) is 1. The Morgan fingerprint density at radius 2 is 1.80 bits per heavy atom. The fourth-order valence-electron chi connectivity index (χ4n) is 1.93. The third-order valence-corrected chi connectivity index (χ3v) is 3.10. The molecule has 2 rings (SSSR count). The van der Waals surface area contributed by atoms with E-state index in [1.54, 1.807) is 6.07 Å². The predicted molar refractivity (Wildman–Crippen MR) is 87.8 cm³/mol. The van der Waals surface area contributed by atoms with E-state index in [1.165, 1.54) is 43.7 Å². The van der Waals surface area contributed by atoms with E-state index in [0.29, 0.717) is 5.56 Å². The van der Waals surface area contributed by atoms with Crippen LogP contribution in [0.3, 0.4) is 0 Å². The first-order chi connectivity index (χ1) is 11.9. The molecule has 0 fully saturated rings. The first-order valence-electron chi connectivity index (χ1n) is 6.82. The summed E-state index contributed by atoms with van der Waals surface area (Å²) in [5.74, 6) is -0.573. The van der Waals surface area contributed by atoms with Crippen LogP contribution in [0.25, 0.3) is 0 Å². The number of rotatable bonds is 6. The summed E-state index contributed by atoms with van der Waals surface area (Å²) >= 11 is 0. The lowest BCUT2D eigenvalue weighted by Gasteiger charge is -2.06. The van der Waals surface area contributed by atoms with Crippen molar-refractivity contribution in [1.29, 1.82) is 0 Å². The second-order valence-corrected chi connectivity index (χ2v) is 4.69. The van der Waals surface area contributed by atoms with Crippen molar-refractivity contribution in [3.63, 3.8) is 0 Å². The van der Waals surface area contributed by atoms with E-state index >= 15 is 0 Å². The number of hydrazone groups is 1. The number of nitrogens with zero attached hydrogens (tertiary/aromatic N) is 3. The van der Waals surface area contributed by atoms with Gasteiger partial charge in [-0.25, -0.2) is 5.43 Å². The van der Waals surface area contributed by atoms with Crippen LogP contribution in [-0.2, 0) is 0 Å². The molecule has 0 unspecified atom stereocenters. The van der Waals surface area contributed by atoms with E-state index in [9.17, 15) is 25.0 Å². The van der Waals surface area contributed by atoms with E-state index in [1.807, 2.05) is 0 Å². The highest BCUT2D eigenvalue weighted by Gasteiger charge is 2.17. The molecule has 10 heteroatoms. The average molecular weight is 344 g/mol. The molecule has 25 heavy (non-hydrogen) atoms. The molecule has 0 aliphatic heterocycles. The minimum atomic E-state index is -0.720. The molecule has 0 spiro atoms. The number of amides is 1. The summed E-state index contributed by atoms with van der Waals surface area (Å²) in [6, 6.07) is 9.23. The standard InChI is InChI=1S/C15H12N4O6/c1-25-14-6-5-12(19(23)24)8-13(14)15(20)17-16-9-10-3-2-4-11(7-10)18(21)22/h2-9H,1H3,(H,17,20). The fraction of sp³-hybridized carbons (Fsp3) is 0.0667. The maximum absolute atomic E-state index is 12.1. The highest BCUT2D eigenvalue weighted by atomic mass is 16.6. The molecule has 10 nitrogen and oxygen atoms in total. The van der Waals surface area contributed by atoms with Gasteiger partial charge in [-0.3, -0.25) is 25.0 Å². The molecular formula is C15H12N4O6. The molecule has 2 aromatic rings. The SMILES string of the molecule is COc1ccc([N+](=O)[O-])cc1C(=O)NN=Cc1cccc([N+](=O)[O-])c1. The van der Waals surface area contributed by atoms with Crippen LogP contribution in [-0.4, -0.2) is 29.1 Å². The van der Waals surface area contributed by atoms with E-state index in [0.717, 1.165) is 6.07 Å². The Labute approximate surface area is 141 Å². The van der Waals surface area contributed by atoms with Crippen molar-refractivity contribution in [1.82, 2.24) is 5.43 Å². The number of non-ortho nitro benzene ring substituents is 2. The normalized spacial score (nSPS) is 10.4. The lowest BCUT2D eigenvalue weighted by atomic mass is 10.1. The molecule has 0 aliphatic rings. The Bertz CT molecular complexity index is 865. The van der Waals surface area contributed by atoms with Gasteiger partial charge in [0.25, 0.3) is 17.3 Å². The van der Waals surface area contributed by atoms with Crippen LogP contribution in [0.2, 0.25) is 0 Å². The molecule has 128 valence electrons. The topological polar surface area (TPSA) is 137 Å². The second-order valence-electron chi connectivity index (χ2n) is 4.69. The molecule has 0 atom stereocenters. The van der Waals surface area contributed by atoms with Gasteiger partial charge in [-0.1, -0.05) is 12.1 Å². The number of nitrogens with one attached hydrogen (secondary N) is 1. The summed E-state index contributed by atoms with van der Waals surface area (Å²) in [6.07, 6.45) is 1.22. The highest BCUT2D eigenvalue weighted by Crippen LogP contribution is 2.23. The number of hydrogen-bond acceptors (Lipinski definition) is 7. The molecule has 0 saturated carbocycles. The Morgan fingerprint density at radius 1 is 1.12 bits per heavy atom. The predicted octanol–water partition coefficient (Wildman–Crippen LogP) is 2.28. The summed E-state index contributed by atoms with van der Waals surface area (Å²) in [6.45, 7) is 0. The molecule has 1 amide bonds. The van der Waals surface area contributed by atoms with Crippen molar-refractivity contribution in [3.8, 4) is 5.75 Å². The first kappa shape index (κ1) is 17.5. The van der Waals surface area contributed by atoms with Gasteiger partial charge in [0.15, 0.2) is 0 Å². The number of benzene rings is 2. The van der Waals surface area contributed by atoms with E-state index in [-0.39, 0.29) is 22.7 Å². The summed E-state index contributed by atoms with van der Waals surface area (Å²) in [5, 5.41) is 25.2. The maximum Gasteiger partial charge on any atom is 0.275 e. The molecule has 0 aromatic heterocycles. The molecule has 0 heterocycles. The molecule has 0 aliphatic carbocycles. The van der Waals surface area contributed by atoms with Crippen LogP contribution in [0.4, 0.5) is 11.4 Å². The third kappa shape index (κ3) is 4.34. The smallest absolute Gasteiger partial charge is 0.275 e. The minimum absolute atomic E-state index is 0.0621. The minimum Gasteiger partial charge on any atom is -0.496 e. The molecular weight excluding hydrogens is 332 g/mol. The van der Waals surface area contributed by atoms with Crippen molar-refractivity contribution in [2.75, 3.05) is 7.11 Å². The monoisotopic (exact) mass is 344 g/mol. The van der Waals surface area contributed by atoms with Crippen LogP contribution >= 0.6 is 0 Å². The van der Waals surface area contributed by atoms with Crippen LogP contribution < -0.4 is 10.2 Å². The Hall–Kier alpha value is -3.82. The molecule has 1 N–H and O–H groups in total. The van der Waals surface area contributed by atoms with Gasteiger partial charge in [0.1, 0.15) is 5.75 Å². The van der Waals surface area contributed by atoms with Gasteiger partial charge in [0.2, 0.25) is 0 Å². The van der Waals surface area contributed by atoms with E-state index < -0.39 is 15.8 Å². The first-order valence-corrected chi connectivity index (χ1v) is 6.82. The number of ether oxygens (including phenoxy) is 1. The lowest BCUT2D eigenvalue weighted by Crippen LogP contribution is -2.18. The van der Waals surface area contributed by atoms with Crippen molar-refractivity contribution in [3.05, 3.63) is 73.8 Å². The van der Waals surface area contributed by atoms with Crippen molar-refractivity contribution >= 4 is 23.5 Å². The molecule has 2 aromatic carbocycles. The number of nitro benzene ring substituents is 2. The zero-order valence-corrected chi connectivity index (χ0v) is 12.9. The Balaban J connectivity index is 2.17. The Kier molecular flexibility index (Phi) is 5.36. The van der Waals surface area contributed by atoms with Gasteiger partial charge < -0.3 is 4.74 Å². The maximum atomic E-state index is 12.1. The fourth-order valence-corrected chi connectivity index (χ4v) is 1.93. The zero-order chi connectivity index (χ0) is 18.4. The van der Waals surface area contributed by atoms with Gasteiger partial charge in [-0.2, -0.15) is 5.10 Å². The summed E-state index contributed by atoms with van der Waals surface area (Å²) < 4.78 is 5.00. The van der Waals surface area contributed by atoms with Gasteiger partial charge in [0.05, 0.1) is 28.7 Å². The van der Waals surface area contributed by atoms with Gasteiger partial charge in [-0.05, 0) is 6.07 Å². The number of carbonyl (C=O) groups excluding carboxylic acids is 1. The largest absolute Gasteiger partial charge is 0.496 e. The van der Waals surface area contributed by atoms with Crippen molar-refractivity contribution in [2.45, 2.75) is 0 Å². The van der Waals surface area contributed by atoms with Gasteiger partial charge in [-0.15, -0.1) is 0 Å². The lowest BCUT2D eigenvalue weighted by molar-refractivity contribution is -0.385. The van der Waals surface area contributed by atoms with Crippen LogP contribution in [0.15, 0.2) is 47.6 Å². The van der Waals surface area contributed by atoms with Crippen LogP contribution in [0.5, 0.6) is 5.75 Å². The van der Waals surface area contributed by atoms with Crippen LogP contribution in [0.1, 0.15) is 15.9 Å². The summed E-state index contributed by atoms with van der Waals surface area (Å²) in [7, 11) is 1.32. The zero-order valence-electron chi connectivity index (χ0n) is 12.9. The highest BCUT2D eigenvalue weighted by molar-refractivity contribution is 5.98. The number of carbonyl (C=O) groups is 1. The molecule has 0 radical (unpaired) electrons. The number of nitro groups is 2. The van der Waals surface area contributed by atoms with E-state index in [2.05, 4.69) is 10.5 Å².